The molecule has 0 aromatic heterocycles. The van der Waals surface area contributed by atoms with Gasteiger partial charge in [0.25, 0.3) is 0 Å². The van der Waals surface area contributed by atoms with Crippen molar-refractivity contribution in [2.75, 3.05) is 19.6 Å². The molecule has 0 bridgehead atoms. The molecule has 19 heavy (non-hydrogen) atoms. The summed E-state index contributed by atoms with van der Waals surface area (Å²) >= 11 is 0. The smallest absolute Gasteiger partial charge is 0.236 e. The van der Waals surface area contributed by atoms with Gasteiger partial charge in [0.15, 0.2) is 5.69 Å². The van der Waals surface area contributed by atoms with Crippen molar-refractivity contribution >= 4 is 11.6 Å². The number of hydrogen-bond donors (Lipinski definition) is 1. The van der Waals surface area contributed by atoms with Crippen molar-refractivity contribution in [1.82, 2.24) is 10.2 Å². The Morgan fingerprint density at radius 1 is 1.37 bits per heavy atom. The van der Waals surface area contributed by atoms with E-state index in [1.165, 1.54) is 11.1 Å². The zero-order valence-electron chi connectivity index (χ0n) is 10.9. The molecule has 1 N–H and O–H groups in total. The molecule has 0 saturated carbocycles. The van der Waals surface area contributed by atoms with E-state index in [-0.39, 0.29) is 5.91 Å². The molecule has 1 aliphatic carbocycles. The fourth-order valence-electron chi connectivity index (χ4n) is 3.07. The number of amides is 1. The molecule has 3 rings (SSSR count). The average Bonchev–Trinajstić information content (AvgIpc) is 2.46. The average molecular weight is 255 g/mol. The lowest BCUT2D eigenvalue weighted by Crippen LogP contribution is -2.53. The van der Waals surface area contributed by atoms with Crippen LogP contribution in [0.4, 0.5) is 5.69 Å². The first kappa shape index (κ1) is 12.2. The van der Waals surface area contributed by atoms with Crippen molar-refractivity contribution in [2.24, 2.45) is 0 Å². The number of piperazine rings is 1. The fraction of sp³-hybridized carbons (Fsp3) is 0.467. The number of rotatable bonds is 1. The van der Waals surface area contributed by atoms with Crippen LogP contribution < -0.4 is 5.32 Å². The first-order chi connectivity index (χ1) is 9.28. The highest BCUT2D eigenvalue weighted by atomic mass is 16.2. The number of aryl methyl sites for hydroxylation is 1. The van der Waals surface area contributed by atoms with Gasteiger partial charge >= 0.3 is 0 Å². The van der Waals surface area contributed by atoms with Crippen molar-refractivity contribution < 1.29 is 4.79 Å². The van der Waals surface area contributed by atoms with Crippen molar-refractivity contribution in [2.45, 2.75) is 25.3 Å². The molecule has 2 aliphatic rings. The number of hydrogen-bond acceptors (Lipinski definition) is 2. The number of nitrogens with zero attached hydrogens (tertiary/aromatic N) is 2. The lowest BCUT2D eigenvalue weighted by Gasteiger charge is -2.37. The van der Waals surface area contributed by atoms with E-state index in [9.17, 15) is 4.79 Å². The Labute approximate surface area is 113 Å². The molecule has 1 unspecified atom stereocenters. The molecule has 1 saturated heterocycles. The maximum atomic E-state index is 11.9. The number of carbonyl (C=O) groups is 1. The molecule has 1 atom stereocenters. The molecule has 1 heterocycles. The molecular formula is C15H17N3O. The monoisotopic (exact) mass is 255 g/mol. The van der Waals surface area contributed by atoms with E-state index >= 15 is 0 Å². The number of nitrogens with one attached hydrogen (secondary N) is 1. The molecule has 1 aliphatic heterocycles. The standard InChI is InChI=1S/C15H17N3O/c1-16-13-4-2-12-9-14(5-3-11(12)8-13)18-7-6-17-10-15(18)19/h2,4,8,14,17H,3,5-7,9-10H2. The molecule has 1 aromatic carbocycles. The van der Waals surface area contributed by atoms with Crippen molar-refractivity contribution in [3.05, 3.63) is 40.7 Å². The summed E-state index contributed by atoms with van der Waals surface area (Å²) in [5.74, 6) is 0.220. The van der Waals surface area contributed by atoms with Gasteiger partial charge in [0.05, 0.1) is 13.1 Å². The van der Waals surface area contributed by atoms with Gasteiger partial charge in [-0.25, -0.2) is 4.85 Å². The van der Waals surface area contributed by atoms with E-state index in [0.29, 0.717) is 12.6 Å². The summed E-state index contributed by atoms with van der Waals surface area (Å²) in [5.41, 5.74) is 3.30. The van der Waals surface area contributed by atoms with Gasteiger partial charge in [-0.3, -0.25) is 4.79 Å². The number of fused-ring (bicyclic) bond motifs is 1. The minimum atomic E-state index is 0.220. The van der Waals surface area contributed by atoms with Crippen molar-refractivity contribution in [3.63, 3.8) is 0 Å². The molecule has 4 heteroatoms. The van der Waals surface area contributed by atoms with Crippen LogP contribution in [0, 0.1) is 6.57 Å². The Morgan fingerprint density at radius 3 is 3.05 bits per heavy atom. The van der Waals surface area contributed by atoms with Gasteiger partial charge in [-0.2, -0.15) is 0 Å². The van der Waals surface area contributed by atoms with Gasteiger partial charge in [-0.1, -0.05) is 23.8 Å². The van der Waals surface area contributed by atoms with E-state index < -0.39 is 0 Å². The molecular weight excluding hydrogens is 238 g/mol. The van der Waals surface area contributed by atoms with Gasteiger partial charge < -0.3 is 10.2 Å². The predicted molar refractivity (Wildman–Crippen MR) is 73.1 cm³/mol. The zero-order valence-corrected chi connectivity index (χ0v) is 10.9. The van der Waals surface area contributed by atoms with Crippen molar-refractivity contribution in [3.8, 4) is 0 Å². The van der Waals surface area contributed by atoms with Crippen LogP contribution in [0.15, 0.2) is 18.2 Å². The van der Waals surface area contributed by atoms with Crippen LogP contribution in [0.25, 0.3) is 4.85 Å². The Kier molecular flexibility index (Phi) is 3.22. The van der Waals surface area contributed by atoms with Crippen LogP contribution in [0.5, 0.6) is 0 Å². The Bertz CT molecular complexity index is 547. The minimum Gasteiger partial charge on any atom is -0.337 e. The predicted octanol–water partition coefficient (Wildman–Crippen LogP) is 1.53. The summed E-state index contributed by atoms with van der Waals surface area (Å²) in [7, 11) is 0. The van der Waals surface area contributed by atoms with Gasteiger partial charge in [-0.05, 0) is 24.8 Å². The molecule has 98 valence electrons. The third-order valence-electron chi connectivity index (χ3n) is 4.09. The molecule has 1 aromatic rings. The maximum absolute atomic E-state index is 11.9. The second kappa shape index (κ2) is 5.02. The second-order valence-electron chi connectivity index (χ2n) is 5.23. The number of benzene rings is 1. The Hall–Kier alpha value is -1.86. The van der Waals surface area contributed by atoms with E-state index in [1.54, 1.807) is 0 Å². The third kappa shape index (κ3) is 2.34. The Morgan fingerprint density at radius 2 is 2.26 bits per heavy atom. The highest BCUT2D eigenvalue weighted by Crippen LogP contribution is 2.28. The Balaban J connectivity index is 1.78. The highest BCUT2D eigenvalue weighted by molar-refractivity contribution is 5.79. The van der Waals surface area contributed by atoms with Crippen molar-refractivity contribution in [1.29, 1.82) is 0 Å². The van der Waals surface area contributed by atoms with Gasteiger partial charge in [0, 0.05) is 19.1 Å². The summed E-state index contributed by atoms with van der Waals surface area (Å²) in [4.78, 5) is 17.4. The summed E-state index contributed by atoms with van der Waals surface area (Å²) in [5, 5.41) is 3.11. The lowest BCUT2D eigenvalue weighted by atomic mass is 9.87. The van der Waals surface area contributed by atoms with Crippen LogP contribution in [0.1, 0.15) is 17.5 Å². The molecule has 0 radical (unpaired) electrons. The van der Waals surface area contributed by atoms with Gasteiger partial charge in [-0.15, -0.1) is 0 Å². The SMILES string of the molecule is [C-]#[N+]c1ccc2c(c1)CCC(N1CCNCC1=O)C2. The molecule has 0 spiro atoms. The second-order valence-corrected chi connectivity index (χ2v) is 5.23. The zero-order chi connectivity index (χ0) is 13.2. The number of carbonyl (C=O) groups excluding carboxylic acids is 1. The maximum Gasteiger partial charge on any atom is 0.236 e. The van der Waals surface area contributed by atoms with Crippen LogP contribution in [0.3, 0.4) is 0 Å². The van der Waals surface area contributed by atoms with E-state index in [0.717, 1.165) is 38.0 Å². The van der Waals surface area contributed by atoms with Crippen LogP contribution in [-0.4, -0.2) is 36.5 Å². The van der Waals surface area contributed by atoms with Crippen LogP contribution in [-0.2, 0) is 17.6 Å². The highest BCUT2D eigenvalue weighted by Gasteiger charge is 2.28. The third-order valence-corrected chi connectivity index (χ3v) is 4.09. The van der Waals surface area contributed by atoms with E-state index in [4.69, 9.17) is 6.57 Å². The molecule has 1 amide bonds. The molecule has 4 nitrogen and oxygen atoms in total. The van der Waals surface area contributed by atoms with Gasteiger partial charge in [0.2, 0.25) is 5.91 Å². The fourth-order valence-corrected chi connectivity index (χ4v) is 3.07. The lowest BCUT2D eigenvalue weighted by molar-refractivity contribution is -0.134. The quantitative estimate of drug-likeness (QED) is 0.773. The first-order valence-electron chi connectivity index (χ1n) is 6.77. The summed E-state index contributed by atoms with van der Waals surface area (Å²) in [6, 6.07) is 6.27. The normalized spacial score (nSPS) is 22.8. The van der Waals surface area contributed by atoms with E-state index in [1.807, 2.05) is 17.0 Å². The van der Waals surface area contributed by atoms with E-state index in [2.05, 4.69) is 16.2 Å². The summed E-state index contributed by atoms with van der Waals surface area (Å²) in [6.07, 6.45) is 2.92. The summed E-state index contributed by atoms with van der Waals surface area (Å²) in [6.45, 7) is 9.24. The minimum absolute atomic E-state index is 0.220. The van der Waals surface area contributed by atoms with Crippen LogP contribution in [0.2, 0.25) is 0 Å². The largest absolute Gasteiger partial charge is 0.337 e. The van der Waals surface area contributed by atoms with Gasteiger partial charge in [0.1, 0.15) is 0 Å². The topological polar surface area (TPSA) is 36.7 Å². The molecule has 1 fully saturated rings. The first-order valence-corrected chi connectivity index (χ1v) is 6.77. The van der Waals surface area contributed by atoms with Crippen LogP contribution >= 0.6 is 0 Å². The summed E-state index contributed by atoms with van der Waals surface area (Å²) < 4.78 is 0.